The van der Waals surface area contributed by atoms with Crippen molar-refractivity contribution >= 4 is 28.4 Å². The fourth-order valence-electron chi connectivity index (χ4n) is 1.77. The van der Waals surface area contributed by atoms with Gasteiger partial charge in [0.05, 0.1) is 0 Å². The van der Waals surface area contributed by atoms with Crippen molar-refractivity contribution in [3.05, 3.63) is 31.9 Å². The summed E-state index contributed by atoms with van der Waals surface area (Å²) in [7, 11) is 0. The fourth-order valence-corrected chi connectivity index (χ4v) is 2.64. The van der Waals surface area contributed by atoms with Crippen molar-refractivity contribution < 1.29 is 4.79 Å². The van der Waals surface area contributed by atoms with Gasteiger partial charge in [-0.2, -0.15) is 0 Å². The molecule has 1 nitrogen and oxygen atoms in total. The molecule has 0 atom stereocenters. The first-order valence-corrected chi connectivity index (χ1v) is 6.26. The van der Waals surface area contributed by atoms with E-state index in [2.05, 4.69) is 49.4 Å². The Morgan fingerprint density at radius 3 is 2.40 bits per heavy atom. The minimum atomic E-state index is 0.269. The van der Waals surface area contributed by atoms with Gasteiger partial charge >= 0.3 is 0 Å². The van der Waals surface area contributed by atoms with Crippen molar-refractivity contribution in [1.29, 1.82) is 0 Å². The fraction of sp³-hybridized carbons (Fsp3) is 0.462. The minimum absolute atomic E-state index is 0.269. The molecule has 0 heterocycles. The summed E-state index contributed by atoms with van der Waals surface area (Å²) < 4.78 is 1.31. The molecule has 0 saturated heterocycles. The number of aryl methyl sites for hydroxylation is 1. The van der Waals surface area contributed by atoms with Gasteiger partial charge in [-0.15, -0.1) is 0 Å². The Kier molecular flexibility index (Phi) is 4.32. The van der Waals surface area contributed by atoms with Gasteiger partial charge in [-0.3, -0.25) is 0 Å². The number of ketones is 1. The molecule has 15 heavy (non-hydrogen) atoms. The highest BCUT2D eigenvalue weighted by Gasteiger charge is 2.09. The number of hydrogen-bond acceptors (Lipinski definition) is 1. The highest BCUT2D eigenvalue weighted by Crippen LogP contribution is 2.24. The number of carbonyl (C=O) groups excluding carboxylic acids is 1. The Bertz CT molecular complexity index is 394. The molecule has 0 aliphatic rings. The van der Waals surface area contributed by atoms with E-state index in [0.717, 1.165) is 6.42 Å². The summed E-state index contributed by atoms with van der Waals surface area (Å²) in [4.78, 5) is 11.0. The number of carbonyl (C=O) groups is 1. The Morgan fingerprint density at radius 2 is 1.87 bits per heavy atom. The average molecular weight is 316 g/mol. The standard InChI is InChI=1S/C13H17IO/c1-8-7-13(14)11(4)10(3)12(8)6-5-9(2)15/h7H,5-6H2,1-4H3. The Labute approximate surface area is 105 Å². The van der Waals surface area contributed by atoms with E-state index in [-0.39, 0.29) is 5.78 Å². The van der Waals surface area contributed by atoms with Gasteiger partial charge in [-0.25, -0.2) is 0 Å². The molecule has 0 amide bonds. The summed E-state index contributed by atoms with van der Waals surface area (Å²) >= 11 is 2.37. The molecule has 0 spiro atoms. The molecule has 82 valence electrons. The lowest BCUT2D eigenvalue weighted by Gasteiger charge is -2.13. The Morgan fingerprint density at radius 1 is 1.27 bits per heavy atom. The lowest BCUT2D eigenvalue weighted by Crippen LogP contribution is -2.02. The smallest absolute Gasteiger partial charge is 0.130 e. The van der Waals surface area contributed by atoms with E-state index in [0.29, 0.717) is 6.42 Å². The molecule has 0 fully saturated rings. The normalized spacial score (nSPS) is 10.5. The molecule has 2 heteroatoms. The maximum atomic E-state index is 11.0. The molecular formula is C13H17IO. The molecule has 1 rings (SSSR count). The predicted octanol–water partition coefficient (Wildman–Crippen LogP) is 3.74. The molecule has 0 saturated carbocycles. The third-order valence-corrected chi connectivity index (χ3v) is 4.04. The van der Waals surface area contributed by atoms with E-state index in [1.54, 1.807) is 6.92 Å². The first kappa shape index (κ1) is 12.7. The maximum absolute atomic E-state index is 11.0. The molecule has 0 aromatic heterocycles. The van der Waals surface area contributed by atoms with Crippen LogP contribution in [0.15, 0.2) is 6.07 Å². The van der Waals surface area contributed by atoms with Gasteiger partial charge in [0.1, 0.15) is 5.78 Å². The lowest BCUT2D eigenvalue weighted by molar-refractivity contribution is -0.116. The lowest BCUT2D eigenvalue weighted by atomic mass is 9.94. The quantitative estimate of drug-likeness (QED) is 0.777. The number of hydrogen-bond donors (Lipinski definition) is 0. The summed E-state index contributed by atoms with van der Waals surface area (Å²) in [6.07, 6.45) is 1.53. The van der Waals surface area contributed by atoms with Gasteiger partial charge in [-0.05, 0) is 85.0 Å². The summed E-state index contributed by atoms with van der Waals surface area (Å²) in [6, 6.07) is 2.21. The molecule has 0 bridgehead atoms. The van der Waals surface area contributed by atoms with E-state index in [1.165, 1.54) is 25.8 Å². The van der Waals surface area contributed by atoms with E-state index >= 15 is 0 Å². The van der Waals surface area contributed by atoms with Crippen LogP contribution in [0.5, 0.6) is 0 Å². The topological polar surface area (TPSA) is 17.1 Å². The molecule has 0 unspecified atom stereocenters. The van der Waals surface area contributed by atoms with E-state index < -0.39 is 0 Å². The van der Waals surface area contributed by atoms with Gasteiger partial charge < -0.3 is 4.79 Å². The van der Waals surface area contributed by atoms with Crippen LogP contribution in [0.3, 0.4) is 0 Å². The molecular weight excluding hydrogens is 299 g/mol. The third kappa shape index (κ3) is 3.03. The van der Waals surface area contributed by atoms with Crippen molar-refractivity contribution in [1.82, 2.24) is 0 Å². The van der Waals surface area contributed by atoms with Gasteiger partial charge in [0.2, 0.25) is 0 Å². The number of benzene rings is 1. The van der Waals surface area contributed by atoms with Crippen LogP contribution in [0.4, 0.5) is 0 Å². The second kappa shape index (κ2) is 5.10. The molecule has 1 aromatic carbocycles. The first-order chi connectivity index (χ1) is 6.93. The maximum Gasteiger partial charge on any atom is 0.130 e. The number of Topliss-reactive ketones (excluding diaryl/α,β-unsaturated/α-hetero) is 1. The number of rotatable bonds is 3. The van der Waals surface area contributed by atoms with Crippen LogP contribution in [0, 0.1) is 24.3 Å². The van der Waals surface area contributed by atoms with Gasteiger partial charge in [0.25, 0.3) is 0 Å². The molecule has 0 aliphatic heterocycles. The Hall–Kier alpha value is -0.380. The van der Waals surface area contributed by atoms with E-state index in [4.69, 9.17) is 0 Å². The Balaban J connectivity index is 3.07. The van der Waals surface area contributed by atoms with Crippen molar-refractivity contribution in [3.8, 4) is 0 Å². The highest BCUT2D eigenvalue weighted by atomic mass is 127. The summed E-state index contributed by atoms with van der Waals surface area (Å²) in [5.41, 5.74) is 5.35. The van der Waals surface area contributed by atoms with Gasteiger partial charge in [0.15, 0.2) is 0 Å². The van der Waals surface area contributed by atoms with Crippen molar-refractivity contribution in [2.45, 2.75) is 40.5 Å². The van der Waals surface area contributed by atoms with Crippen LogP contribution in [-0.4, -0.2) is 5.78 Å². The first-order valence-electron chi connectivity index (χ1n) is 5.18. The number of halogens is 1. The molecule has 0 aliphatic carbocycles. The summed E-state index contributed by atoms with van der Waals surface area (Å²) in [5.74, 6) is 0.269. The van der Waals surface area contributed by atoms with Gasteiger partial charge in [-0.1, -0.05) is 0 Å². The van der Waals surface area contributed by atoms with Crippen molar-refractivity contribution in [2.75, 3.05) is 0 Å². The predicted molar refractivity (Wildman–Crippen MR) is 72.4 cm³/mol. The molecule has 0 radical (unpaired) electrons. The van der Waals surface area contributed by atoms with Crippen LogP contribution in [-0.2, 0) is 11.2 Å². The van der Waals surface area contributed by atoms with Gasteiger partial charge in [0, 0.05) is 9.99 Å². The zero-order valence-corrected chi connectivity index (χ0v) is 11.9. The van der Waals surface area contributed by atoms with Crippen LogP contribution in [0.1, 0.15) is 35.6 Å². The van der Waals surface area contributed by atoms with Crippen LogP contribution >= 0.6 is 22.6 Å². The van der Waals surface area contributed by atoms with Crippen molar-refractivity contribution in [3.63, 3.8) is 0 Å². The SMILES string of the molecule is CC(=O)CCc1c(C)cc(I)c(C)c1C. The zero-order chi connectivity index (χ0) is 11.6. The minimum Gasteiger partial charge on any atom is -0.300 e. The second-order valence-electron chi connectivity index (χ2n) is 4.11. The summed E-state index contributed by atoms with van der Waals surface area (Å²) in [5, 5.41) is 0. The van der Waals surface area contributed by atoms with E-state index in [1.807, 2.05) is 0 Å². The average Bonchev–Trinajstić information content (AvgIpc) is 2.14. The monoisotopic (exact) mass is 316 g/mol. The van der Waals surface area contributed by atoms with E-state index in [9.17, 15) is 4.79 Å². The van der Waals surface area contributed by atoms with Crippen molar-refractivity contribution in [2.24, 2.45) is 0 Å². The van der Waals surface area contributed by atoms with Crippen LogP contribution in [0.2, 0.25) is 0 Å². The largest absolute Gasteiger partial charge is 0.300 e. The second-order valence-corrected chi connectivity index (χ2v) is 5.27. The zero-order valence-electron chi connectivity index (χ0n) is 9.78. The van der Waals surface area contributed by atoms with Crippen LogP contribution in [0.25, 0.3) is 0 Å². The third-order valence-electron chi connectivity index (χ3n) is 2.92. The summed E-state index contributed by atoms with van der Waals surface area (Å²) in [6.45, 7) is 8.09. The highest BCUT2D eigenvalue weighted by molar-refractivity contribution is 14.1. The molecule has 1 aromatic rings. The van der Waals surface area contributed by atoms with Crippen LogP contribution < -0.4 is 0 Å². The molecule has 0 N–H and O–H groups in total.